The van der Waals surface area contributed by atoms with Gasteiger partial charge in [0.25, 0.3) is 11.5 Å². The first-order valence-corrected chi connectivity index (χ1v) is 9.69. The zero-order valence-electron chi connectivity index (χ0n) is 17.3. The number of H-pyrrole nitrogens is 1. The summed E-state index contributed by atoms with van der Waals surface area (Å²) in [5.74, 6) is -0.182. The molecule has 1 aromatic carbocycles. The number of pyridine rings is 1. The fraction of sp³-hybridized carbons (Fsp3) is 0.333. The molecule has 1 saturated heterocycles. The van der Waals surface area contributed by atoms with Crippen molar-refractivity contribution in [1.29, 1.82) is 0 Å². The van der Waals surface area contributed by atoms with Crippen LogP contribution in [0.2, 0.25) is 0 Å². The molecule has 1 aliphatic rings. The van der Waals surface area contributed by atoms with E-state index in [1.807, 2.05) is 4.90 Å². The maximum atomic E-state index is 13.3. The second kappa shape index (κ2) is 10.1. The molecular formula is C21H25Cl2N5O3. The third-order valence-electron chi connectivity index (χ3n) is 5.48. The van der Waals surface area contributed by atoms with Crippen molar-refractivity contribution in [2.24, 2.45) is 7.05 Å². The van der Waals surface area contributed by atoms with Gasteiger partial charge in [0.15, 0.2) is 0 Å². The average molecular weight is 466 g/mol. The molecule has 0 bridgehead atoms. The molecular weight excluding hydrogens is 441 g/mol. The first-order valence-electron chi connectivity index (χ1n) is 9.69. The number of benzene rings is 1. The van der Waals surface area contributed by atoms with E-state index in [-0.39, 0.29) is 47.8 Å². The molecule has 4 rings (SSSR count). The predicted molar refractivity (Wildman–Crippen MR) is 125 cm³/mol. The number of halogens is 2. The predicted octanol–water partition coefficient (Wildman–Crippen LogP) is 1.81. The third-order valence-corrected chi connectivity index (χ3v) is 5.48. The Kier molecular flexibility index (Phi) is 8.00. The highest BCUT2D eigenvalue weighted by Gasteiger charge is 2.29. The average Bonchev–Trinajstić information content (AvgIpc) is 2.77. The van der Waals surface area contributed by atoms with Crippen LogP contribution in [-0.2, 0) is 13.5 Å². The van der Waals surface area contributed by atoms with Gasteiger partial charge in [0.05, 0.1) is 17.0 Å². The van der Waals surface area contributed by atoms with Gasteiger partial charge in [-0.05, 0) is 23.6 Å². The number of nitrogens with one attached hydrogen (secondary N) is 2. The minimum absolute atomic E-state index is 0. The van der Waals surface area contributed by atoms with Crippen LogP contribution in [-0.4, -0.2) is 45.0 Å². The normalized spacial score (nSPS) is 15.8. The van der Waals surface area contributed by atoms with Crippen LogP contribution in [0.5, 0.6) is 0 Å². The first kappa shape index (κ1) is 24.6. The fourth-order valence-corrected chi connectivity index (χ4v) is 3.74. The molecule has 31 heavy (non-hydrogen) atoms. The van der Waals surface area contributed by atoms with Gasteiger partial charge in [0.2, 0.25) is 0 Å². The van der Waals surface area contributed by atoms with E-state index in [0.29, 0.717) is 25.2 Å². The van der Waals surface area contributed by atoms with Gasteiger partial charge in [-0.1, -0.05) is 31.2 Å². The second-order valence-electron chi connectivity index (χ2n) is 7.23. The molecule has 10 heteroatoms. The number of rotatable bonds is 3. The van der Waals surface area contributed by atoms with Crippen LogP contribution < -0.4 is 16.6 Å². The zero-order chi connectivity index (χ0) is 20.5. The van der Waals surface area contributed by atoms with Crippen LogP contribution >= 0.6 is 24.8 Å². The third kappa shape index (κ3) is 4.66. The highest BCUT2D eigenvalue weighted by Crippen LogP contribution is 2.25. The summed E-state index contributed by atoms with van der Waals surface area (Å²) in [5, 5.41) is 3.57. The van der Waals surface area contributed by atoms with Gasteiger partial charge in [-0.25, -0.2) is 9.78 Å². The lowest BCUT2D eigenvalue weighted by atomic mass is 10.00. The summed E-state index contributed by atoms with van der Waals surface area (Å²) in [6.45, 7) is 4.02. The minimum atomic E-state index is -0.544. The number of nitrogens with zero attached hydrogens (tertiary/aromatic N) is 3. The number of amides is 1. The molecule has 1 fully saturated rings. The van der Waals surface area contributed by atoms with Crippen LogP contribution in [0, 0.1) is 0 Å². The standard InChI is InChI=1S/C21H23N5O3.2ClH/c1-3-13-4-6-14(7-5-13)17-12-22-8-9-26(17)20(28)15-10-16-18(23-11-15)25(2)21(29)24-19(16)27;;/h4-7,10-11,17,22H,3,8-9,12H2,1-2H3,(H,24,27,29);2*1H. The van der Waals surface area contributed by atoms with Crippen LogP contribution in [0.3, 0.4) is 0 Å². The monoisotopic (exact) mass is 465 g/mol. The SMILES string of the molecule is CCc1ccc(C2CNCCN2C(=O)c2cnc3c(c2)c(=O)[nH]c(=O)n3C)cc1.Cl.Cl. The fourth-order valence-electron chi connectivity index (χ4n) is 3.74. The van der Waals surface area contributed by atoms with E-state index in [2.05, 4.69) is 46.5 Å². The van der Waals surface area contributed by atoms with E-state index in [1.165, 1.54) is 29.4 Å². The Balaban J connectivity index is 0.00000171. The number of aromatic amines is 1. The number of piperazine rings is 1. The Labute approximate surface area is 191 Å². The van der Waals surface area contributed by atoms with Gasteiger partial charge in [-0.2, -0.15) is 0 Å². The molecule has 0 saturated carbocycles. The smallest absolute Gasteiger partial charge is 0.329 e. The molecule has 1 atom stereocenters. The Morgan fingerprint density at radius 3 is 2.58 bits per heavy atom. The number of carbonyl (C=O) groups excluding carboxylic acids is 1. The Morgan fingerprint density at radius 2 is 1.90 bits per heavy atom. The maximum absolute atomic E-state index is 13.3. The largest absolute Gasteiger partial charge is 0.329 e. The summed E-state index contributed by atoms with van der Waals surface area (Å²) in [7, 11) is 1.53. The Bertz CT molecular complexity index is 1190. The summed E-state index contributed by atoms with van der Waals surface area (Å²) in [4.78, 5) is 45.5. The van der Waals surface area contributed by atoms with E-state index in [1.54, 1.807) is 0 Å². The molecule has 1 unspecified atom stereocenters. The van der Waals surface area contributed by atoms with Crippen LogP contribution in [0.4, 0.5) is 0 Å². The van der Waals surface area contributed by atoms with Crippen LogP contribution in [0.25, 0.3) is 11.0 Å². The summed E-state index contributed by atoms with van der Waals surface area (Å²) >= 11 is 0. The summed E-state index contributed by atoms with van der Waals surface area (Å²) < 4.78 is 1.26. The molecule has 1 amide bonds. The Morgan fingerprint density at radius 1 is 1.19 bits per heavy atom. The lowest BCUT2D eigenvalue weighted by Gasteiger charge is -2.36. The topological polar surface area (TPSA) is 100 Å². The molecule has 8 nitrogen and oxygen atoms in total. The second-order valence-corrected chi connectivity index (χ2v) is 7.23. The van der Waals surface area contributed by atoms with Crippen molar-refractivity contribution < 1.29 is 4.79 Å². The molecule has 1 aliphatic heterocycles. The van der Waals surface area contributed by atoms with Gasteiger partial charge in [0, 0.05) is 32.9 Å². The first-order chi connectivity index (χ1) is 14.0. The molecule has 3 aromatic rings. The molecule has 0 radical (unpaired) electrons. The number of aromatic nitrogens is 3. The summed E-state index contributed by atoms with van der Waals surface area (Å²) in [6, 6.07) is 9.72. The number of hydrogen-bond acceptors (Lipinski definition) is 5. The van der Waals surface area contributed by atoms with Gasteiger partial charge in [0.1, 0.15) is 5.65 Å². The van der Waals surface area contributed by atoms with Gasteiger partial charge in [-0.3, -0.25) is 19.1 Å². The molecule has 0 aliphatic carbocycles. The minimum Gasteiger partial charge on any atom is -0.329 e. The van der Waals surface area contributed by atoms with E-state index in [0.717, 1.165) is 12.0 Å². The molecule has 3 heterocycles. The molecule has 0 spiro atoms. The highest BCUT2D eigenvalue weighted by molar-refractivity contribution is 5.97. The number of hydrogen-bond donors (Lipinski definition) is 2. The van der Waals surface area contributed by atoms with Crippen molar-refractivity contribution in [2.45, 2.75) is 19.4 Å². The highest BCUT2D eigenvalue weighted by atomic mass is 35.5. The molecule has 2 N–H and O–H groups in total. The van der Waals surface area contributed by atoms with E-state index >= 15 is 0 Å². The number of aryl methyl sites for hydroxylation is 2. The molecule has 2 aromatic heterocycles. The van der Waals surface area contributed by atoms with Gasteiger partial charge in [-0.15, -0.1) is 24.8 Å². The van der Waals surface area contributed by atoms with Crippen LogP contribution in [0.1, 0.15) is 34.5 Å². The quantitative estimate of drug-likeness (QED) is 0.614. The summed E-state index contributed by atoms with van der Waals surface area (Å²) in [5.41, 5.74) is 1.82. The zero-order valence-corrected chi connectivity index (χ0v) is 18.9. The Hall–Kier alpha value is -2.68. The maximum Gasteiger partial charge on any atom is 0.329 e. The van der Waals surface area contributed by atoms with E-state index < -0.39 is 11.2 Å². The number of carbonyl (C=O) groups is 1. The van der Waals surface area contributed by atoms with Gasteiger partial charge >= 0.3 is 5.69 Å². The summed E-state index contributed by atoms with van der Waals surface area (Å²) in [6.07, 6.45) is 2.40. The van der Waals surface area contributed by atoms with Crippen molar-refractivity contribution in [1.82, 2.24) is 24.8 Å². The van der Waals surface area contributed by atoms with Crippen molar-refractivity contribution >= 4 is 41.8 Å². The lowest BCUT2D eigenvalue weighted by Crippen LogP contribution is -2.48. The van der Waals surface area contributed by atoms with Crippen molar-refractivity contribution in [2.75, 3.05) is 19.6 Å². The van der Waals surface area contributed by atoms with Crippen LogP contribution in [0.15, 0.2) is 46.1 Å². The van der Waals surface area contributed by atoms with E-state index in [9.17, 15) is 14.4 Å². The van der Waals surface area contributed by atoms with Crippen molar-refractivity contribution in [3.05, 3.63) is 74.1 Å². The van der Waals surface area contributed by atoms with Crippen molar-refractivity contribution in [3.63, 3.8) is 0 Å². The van der Waals surface area contributed by atoms with Gasteiger partial charge < -0.3 is 10.2 Å². The number of fused-ring (bicyclic) bond motifs is 1. The lowest BCUT2D eigenvalue weighted by molar-refractivity contribution is 0.0634. The van der Waals surface area contributed by atoms with E-state index in [4.69, 9.17) is 0 Å². The van der Waals surface area contributed by atoms with Crippen molar-refractivity contribution in [3.8, 4) is 0 Å². The molecule has 166 valence electrons.